The van der Waals surface area contributed by atoms with Crippen LogP contribution in [-0.4, -0.2) is 23.1 Å². The first kappa shape index (κ1) is 13.7. The number of aromatic hydroxyl groups is 2. The van der Waals surface area contributed by atoms with E-state index in [0.717, 1.165) is 0 Å². The van der Waals surface area contributed by atoms with Gasteiger partial charge in [0.1, 0.15) is 17.2 Å². The van der Waals surface area contributed by atoms with E-state index in [1.165, 1.54) is 31.4 Å². The molecule has 0 unspecified atom stereocenters. The lowest BCUT2D eigenvalue weighted by Crippen LogP contribution is -1.93. The summed E-state index contributed by atoms with van der Waals surface area (Å²) in [6.45, 7) is 0. The van der Waals surface area contributed by atoms with Gasteiger partial charge in [-0.2, -0.15) is 0 Å². The molecule has 2 rings (SSSR count). The maximum absolute atomic E-state index is 11.9. The van der Waals surface area contributed by atoms with Crippen molar-refractivity contribution in [1.29, 1.82) is 0 Å². The molecule has 2 aromatic rings. The fourth-order valence-corrected chi connectivity index (χ4v) is 1.74. The fourth-order valence-electron chi connectivity index (χ4n) is 1.74. The average molecular weight is 270 g/mol. The van der Waals surface area contributed by atoms with E-state index in [4.69, 9.17) is 4.74 Å². The molecule has 0 heterocycles. The Morgan fingerprint density at radius 3 is 2.25 bits per heavy atom. The first-order valence-electron chi connectivity index (χ1n) is 5.99. The minimum absolute atomic E-state index is 0.154. The number of methoxy groups -OCH3 is 1. The van der Waals surface area contributed by atoms with Crippen molar-refractivity contribution in [1.82, 2.24) is 0 Å². The van der Waals surface area contributed by atoms with Gasteiger partial charge in [0, 0.05) is 17.7 Å². The quantitative estimate of drug-likeness (QED) is 0.662. The molecule has 0 radical (unpaired) electrons. The van der Waals surface area contributed by atoms with Crippen molar-refractivity contribution in [3.05, 3.63) is 59.7 Å². The Morgan fingerprint density at radius 2 is 1.70 bits per heavy atom. The first-order chi connectivity index (χ1) is 9.61. The van der Waals surface area contributed by atoms with Crippen molar-refractivity contribution in [2.75, 3.05) is 7.11 Å². The lowest BCUT2D eigenvalue weighted by molar-refractivity contribution is 0.104. The molecule has 0 aromatic heterocycles. The first-order valence-corrected chi connectivity index (χ1v) is 5.99. The maximum atomic E-state index is 11.9. The number of carbonyl (C=O) groups excluding carboxylic acids is 1. The zero-order chi connectivity index (χ0) is 14.5. The highest BCUT2D eigenvalue weighted by atomic mass is 16.5. The predicted octanol–water partition coefficient (Wildman–Crippen LogP) is 3.00. The second-order valence-electron chi connectivity index (χ2n) is 4.14. The van der Waals surface area contributed by atoms with Crippen molar-refractivity contribution in [2.24, 2.45) is 0 Å². The number of rotatable bonds is 4. The Bertz CT molecular complexity index is 622. The van der Waals surface area contributed by atoms with Crippen LogP contribution in [0.1, 0.15) is 15.9 Å². The molecule has 0 saturated heterocycles. The number of ether oxygens (including phenoxy) is 1. The Kier molecular flexibility index (Phi) is 4.05. The molecular formula is C16H14O4. The Balaban J connectivity index is 2.26. The third-order valence-corrected chi connectivity index (χ3v) is 2.81. The van der Waals surface area contributed by atoms with Gasteiger partial charge >= 0.3 is 0 Å². The summed E-state index contributed by atoms with van der Waals surface area (Å²) in [6, 6.07) is 11.5. The molecule has 0 bridgehead atoms. The van der Waals surface area contributed by atoms with Crippen molar-refractivity contribution in [3.8, 4) is 17.2 Å². The highest BCUT2D eigenvalue weighted by Gasteiger charge is 2.08. The summed E-state index contributed by atoms with van der Waals surface area (Å²) in [5.74, 6) is -0.176. The number of phenols is 2. The molecule has 0 fully saturated rings. The second-order valence-corrected chi connectivity index (χ2v) is 4.14. The van der Waals surface area contributed by atoms with Crippen LogP contribution in [0.15, 0.2) is 48.5 Å². The van der Waals surface area contributed by atoms with Crippen molar-refractivity contribution in [2.45, 2.75) is 0 Å². The lowest BCUT2D eigenvalue weighted by atomic mass is 10.1. The van der Waals surface area contributed by atoms with Gasteiger partial charge in [-0.25, -0.2) is 0 Å². The monoisotopic (exact) mass is 270 g/mol. The number of ketones is 1. The third kappa shape index (κ3) is 2.98. The number of allylic oxidation sites excluding steroid dienone is 1. The van der Waals surface area contributed by atoms with Crippen LogP contribution in [-0.2, 0) is 0 Å². The molecule has 20 heavy (non-hydrogen) atoms. The van der Waals surface area contributed by atoms with Crippen LogP contribution in [0.2, 0.25) is 0 Å². The highest BCUT2D eigenvalue weighted by molar-refractivity contribution is 6.07. The Hall–Kier alpha value is -2.75. The van der Waals surface area contributed by atoms with Gasteiger partial charge in [0.05, 0.1) is 12.7 Å². The van der Waals surface area contributed by atoms with Crippen LogP contribution < -0.4 is 4.74 Å². The van der Waals surface area contributed by atoms with Gasteiger partial charge in [0.25, 0.3) is 0 Å². The molecule has 0 atom stereocenters. The summed E-state index contributed by atoms with van der Waals surface area (Å²) in [6.07, 6.45) is 2.68. The highest BCUT2D eigenvalue weighted by Crippen LogP contribution is 2.33. The van der Waals surface area contributed by atoms with Gasteiger partial charge in [-0.3, -0.25) is 4.79 Å². The number of phenolic OH excluding ortho intramolecular Hbond substituents is 2. The van der Waals surface area contributed by atoms with Gasteiger partial charge in [-0.05, 0) is 12.2 Å². The van der Waals surface area contributed by atoms with E-state index in [-0.39, 0.29) is 22.8 Å². The fraction of sp³-hybridized carbons (Fsp3) is 0.0625. The van der Waals surface area contributed by atoms with E-state index >= 15 is 0 Å². The zero-order valence-electron chi connectivity index (χ0n) is 10.9. The molecule has 0 aliphatic rings. The molecule has 4 heteroatoms. The standard InChI is InChI=1S/C16H14O4/c1-20-12-9-15(18)13(16(19)10-12)7-8-14(17)11-5-3-2-4-6-11/h2-10,18-19H,1H3. The minimum Gasteiger partial charge on any atom is -0.507 e. The predicted molar refractivity (Wildman–Crippen MR) is 76.1 cm³/mol. The summed E-state index contributed by atoms with van der Waals surface area (Å²) in [5, 5.41) is 19.6. The topological polar surface area (TPSA) is 66.8 Å². The average Bonchev–Trinajstić information content (AvgIpc) is 2.46. The van der Waals surface area contributed by atoms with Gasteiger partial charge < -0.3 is 14.9 Å². The molecule has 0 saturated carbocycles. The van der Waals surface area contributed by atoms with Crippen LogP contribution in [0.25, 0.3) is 6.08 Å². The molecule has 0 amide bonds. The van der Waals surface area contributed by atoms with Crippen LogP contribution >= 0.6 is 0 Å². The number of hydrogen-bond donors (Lipinski definition) is 2. The summed E-state index contributed by atoms with van der Waals surface area (Å²) in [7, 11) is 1.43. The minimum atomic E-state index is -0.208. The zero-order valence-corrected chi connectivity index (χ0v) is 10.9. The van der Waals surface area contributed by atoms with Crippen LogP contribution in [0.5, 0.6) is 17.2 Å². The second kappa shape index (κ2) is 5.93. The SMILES string of the molecule is COc1cc(O)c(C=CC(=O)c2ccccc2)c(O)c1. The van der Waals surface area contributed by atoms with E-state index in [2.05, 4.69) is 0 Å². The summed E-state index contributed by atoms with van der Waals surface area (Å²) >= 11 is 0. The van der Waals surface area contributed by atoms with Gasteiger partial charge in [-0.1, -0.05) is 30.3 Å². The van der Waals surface area contributed by atoms with E-state index in [9.17, 15) is 15.0 Å². The number of carbonyl (C=O) groups is 1. The normalized spacial score (nSPS) is 10.7. The van der Waals surface area contributed by atoms with E-state index in [1.807, 2.05) is 6.07 Å². The Labute approximate surface area is 116 Å². The molecule has 2 N–H and O–H groups in total. The summed E-state index contributed by atoms with van der Waals surface area (Å²) in [4.78, 5) is 11.9. The van der Waals surface area contributed by atoms with Gasteiger partial charge in [0.2, 0.25) is 0 Å². The van der Waals surface area contributed by atoms with Crippen molar-refractivity contribution < 1.29 is 19.7 Å². The van der Waals surface area contributed by atoms with E-state index in [0.29, 0.717) is 11.3 Å². The third-order valence-electron chi connectivity index (χ3n) is 2.81. The number of benzene rings is 2. The summed E-state index contributed by atoms with van der Waals surface area (Å²) in [5.41, 5.74) is 0.714. The van der Waals surface area contributed by atoms with Gasteiger partial charge in [-0.15, -0.1) is 0 Å². The largest absolute Gasteiger partial charge is 0.507 e. The van der Waals surface area contributed by atoms with Crippen LogP contribution in [0.3, 0.4) is 0 Å². The van der Waals surface area contributed by atoms with Gasteiger partial charge in [0.15, 0.2) is 5.78 Å². The number of hydrogen-bond acceptors (Lipinski definition) is 4. The molecule has 0 spiro atoms. The van der Waals surface area contributed by atoms with E-state index < -0.39 is 0 Å². The molecule has 2 aromatic carbocycles. The molecule has 0 aliphatic carbocycles. The van der Waals surface area contributed by atoms with Crippen molar-refractivity contribution in [3.63, 3.8) is 0 Å². The molecular weight excluding hydrogens is 256 g/mol. The molecule has 4 nitrogen and oxygen atoms in total. The maximum Gasteiger partial charge on any atom is 0.185 e. The van der Waals surface area contributed by atoms with Crippen LogP contribution in [0.4, 0.5) is 0 Å². The molecule has 102 valence electrons. The Morgan fingerprint density at radius 1 is 1.10 bits per heavy atom. The van der Waals surface area contributed by atoms with E-state index in [1.54, 1.807) is 24.3 Å². The van der Waals surface area contributed by atoms with Crippen molar-refractivity contribution >= 4 is 11.9 Å². The smallest absolute Gasteiger partial charge is 0.185 e. The lowest BCUT2D eigenvalue weighted by Gasteiger charge is -2.06. The molecule has 0 aliphatic heterocycles. The van der Waals surface area contributed by atoms with Crippen LogP contribution in [0, 0.1) is 0 Å². The summed E-state index contributed by atoms with van der Waals surface area (Å²) < 4.78 is 4.91.